The van der Waals surface area contributed by atoms with Crippen molar-refractivity contribution in [2.24, 2.45) is 5.10 Å². The molecule has 0 bridgehead atoms. The van der Waals surface area contributed by atoms with Gasteiger partial charge < -0.3 is 0 Å². The summed E-state index contributed by atoms with van der Waals surface area (Å²) in [6.45, 7) is 2.07. The number of benzene rings is 2. The first-order valence-corrected chi connectivity index (χ1v) is 10.1. The molecule has 1 atom stereocenters. The van der Waals surface area contributed by atoms with Crippen LogP contribution >= 0.6 is 11.6 Å². The minimum Gasteiger partial charge on any atom is -0.271 e. The second-order valence-corrected chi connectivity index (χ2v) is 7.30. The van der Waals surface area contributed by atoms with Gasteiger partial charge in [0.05, 0.1) is 27.7 Å². The van der Waals surface area contributed by atoms with E-state index in [-0.39, 0.29) is 17.4 Å². The van der Waals surface area contributed by atoms with Gasteiger partial charge in [0.1, 0.15) is 18.3 Å². The number of hydrogen-bond acceptors (Lipinski definition) is 8. The van der Waals surface area contributed by atoms with Crippen LogP contribution in [-0.2, 0) is 0 Å². The van der Waals surface area contributed by atoms with Gasteiger partial charge in [0.25, 0.3) is 5.69 Å². The number of nitro benzene ring substituents is 2. The molecule has 0 fully saturated rings. The summed E-state index contributed by atoms with van der Waals surface area (Å²) in [6.07, 6.45) is 5.54. The smallest absolute Gasteiger partial charge is 0.271 e. The van der Waals surface area contributed by atoms with Gasteiger partial charge in [0, 0.05) is 16.7 Å². The molecule has 0 aliphatic heterocycles. The van der Waals surface area contributed by atoms with E-state index in [2.05, 4.69) is 27.5 Å². The van der Waals surface area contributed by atoms with Gasteiger partial charge in [-0.3, -0.25) is 25.7 Å². The van der Waals surface area contributed by atoms with Crippen molar-refractivity contribution >= 4 is 34.4 Å². The van der Waals surface area contributed by atoms with Crippen LogP contribution < -0.4 is 5.43 Å². The molecule has 1 heterocycles. The summed E-state index contributed by atoms with van der Waals surface area (Å²) >= 11 is 6.03. The van der Waals surface area contributed by atoms with Gasteiger partial charge in [0.15, 0.2) is 0 Å². The molecule has 3 aromatic rings. The third-order valence-corrected chi connectivity index (χ3v) is 4.98. The molecule has 3 rings (SSSR count). The van der Waals surface area contributed by atoms with E-state index in [1.807, 2.05) is 0 Å². The predicted octanol–water partition coefficient (Wildman–Crippen LogP) is 5.00. The molecule has 1 unspecified atom stereocenters. The van der Waals surface area contributed by atoms with Gasteiger partial charge in [-0.05, 0) is 24.6 Å². The fraction of sp³-hybridized carbons (Fsp3) is 0.250. The lowest BCUT2D eigenvalue weighted by atomic mass is 9.99. The number of rotatable bonds is 10. The summed E-state index contributed by atoms with van der Waals surface area (Å²) in [5.74, 6) is 0. The van der Waals surface area contributed by atoms with E-state index in [1.165, 1.54) is 18.5 Å². The van der Waals surface area contributed by atoms with Crippen LogP contribution in [0.4, 0.5) is 17.1 Å². The summed E-state index contributed by atoms with van der Waals surface area (Å²) in [7, 11) is 0. The first kappa shape index (κ1) is 22.8. The highest BCUT2D eigenvalue weighted by Crippen LogP contribution is 2.30. The van der Waals surface area contributed by atoms with Crippen molar-refractivity contribution in [2.45, 2.75) is 32.2 Å². The highest BCUT2D eigenvalue weighted by molar-refractivity contribution is 6.30. The fourth-order valence-corrected chi connectivity index (χ4v) is 3.25. The zero-order chi connectivity index (χ0) is 23.1. The van der Waals surface area contributed by atoms with E-state index in [4.69, 9.17) is 11.6 Å². The van der Waals surface area contributed by atoms with Crippen LogP contribution in [0.2, 0.25) is 5.02 Å². The van der Waals surface area contributed by atoms with Crippen molar-refractivity contribution in [1.29, 1.82) is 0 Å². The van der Waals surface area contributed by atoms with Gasteiger partial charge in [-0.15, -0.1) is 0 Å². The molecule has 11 nitrogen and oxygen atoms in total. The number of hydrogen-bond donors (Lipinski definition) is 1. The molecular formula is C20H20ClN7O4. The van der Waals surface area contributed by atoms with E-state index in [0.29, 0.717) is 17.2 Å². The standard InChI is InChI=1S/C20H20ClN7O4/c1-2-3-4-18(26-13-22-12-23-26)20(14-5-7-15(21)8-6-14)25-24-17-10-9-16(27(29)30)11-19(17)28(31)32/h5-13,18,24H,2-4H2,1H3. The maximum Gasteiger partial charge on any atom is 0.301 e. The number of nitrogens with one attached hydrogen (secondary N) is 1. The molecule has 0 radical (unpaired) electrons. The number of hydrazone groups is 1. The molecule has 12 heteroatoms. The summed E-state index contributed by atoms with van der Waals surface area (Å²) in [4.78, 5) is 25.1. The monoisotopic (exact) mass is 457 g/mol. The summed E-state index contributed by atoms with van der Waals surface area (Å²) in [5.41, 5.74) is 3.22. The number of nitrogens with zero attached hydrogens (tertiary/aromatic N) is 6. The van der Waals surface area contributed by atoms with E-state index >= 15 is 0 Å². The summed E-state index contributed by atoms with van der Waals surface area (Å²) < 4.78 is 1.68. The van der Waals surface area contributed by atoms with E-state index < -0.39 is 15.5 Å². The molecule has 0 aliphatic rings. The van der Waals surface area contributed by atoms with Crippen molar-refractivity contribution in [1.82, 2.24) is 14.8 Å². The van der Waals surface area contributed by atoms with Gasteiger partial charge in [0.2, 0.25) is 0 Å². The van der Waals surface area contributed by atoms with Crippen molar-refractivity contribution in [3.05, 3.63) is 85.9 Å². The minimum atomic E-state index is -0.696. The number of nitro groups is 2. The van der Waals surface area contributed by atoms with Crippen molar-refractivity contribution in [3.63, 3.8) is 0 Å². The lowest BCUT2D eigenvalue weighted by Crippen LogP contribution is -2.22. The van der Waals surface area contributed by atoms with Crippen LogP contribution in [-0.4, -0.2) is 30.3 Å². The van der Waals surface area contributed by atoms with E-state index in [9.17, 15) is 20.2 Å². The lowest BCUT2D eigenvalue weighted by molar-refractivity contribution is -0.393. The van der Waals surface area contributed by atoms with E-state index in [1.54, 1.807) is 35.3 Å². The van der Waals surface area contributed by atoms with Gasteiger partial charge in [-0.2, -0.15) is 10.2 Å². The molecule has 0 saturated heterocycles. The Morgan fingerprint density at radius 2 is 1.94 bits per heavy atom. The van der Waals surface area contributed by atoms with Gasteiger partial charge in [-0.25, -0.2) is 9.67 Å². The number of aromatic nitrogens is 3. The Morgan fingerprint density at radius 1 is 1.19 bits per heavy atom. The number of unbranched alkanes of at least 4 members (excludes halogenated alkanes) is 1. The first-order valence-electron chi connectivity index (χ1n) is 9.77. The minimum absolute atomic E-state index is 0.0277. The average molecular weight is 458 g/mol. The van der Waals surface area contributed by atoms with Crippen LogP contribution in [0, 0.1) is 20.2 Å². The third-order valence-electron chi connectivity index (χ3n) is 4.73. The van der Waals surface area contributed by atoms with E-state index in [0.717, 1.165) is 24.5 Å². The molecule has 2 aromatic carbocycles. The number of non-ortho nitro benzene ring substituents is 1. The van der Waals surface area contributed by atoms with Crippen LogP contribution in [0.5, 0.6) is 0 Å². The quantitative estimate of drug-likeness (QED) is 0.256. The Morgan fingerprint density at radius 3 is 2.53 bits per heavy atom. The topological polar surface area (TPSA) is 141 Å². The zero-order valence-corrected chi connectivity index (χ0v) is 17.8. The third kappa shape index (κ3) is 5.43. The second-order valence-electron chi connectivity index (χ2n) is 6.86. The molecule has 166 valence electrons. The van der Waals surface area contributed by atoms with Crippen LogP contribution in [0.3, 0.4) is 0 Å². The Labute approximate surface area is 188 Å². The molecule has 0 amide bonds. The largest absolute Gasteiger partial charge is 0.301 e. The molecular weight excluding hydrogens is 438 g/mol. The van der Waals surface area contributed by atoms with Gasteiger partial charge >= 0.3 is 5.69 Å². The molecule has 1 N–H and O–H groups in total. The predicted molar refractivity (Wildman–Crippen MR) is 120 cm³/mol. The zero-order valence-electron chi connectivity index (χ0n) is 17.1. The fourth-order valence-electron chi connectivity index (χ4n) is 3.12. The summed E-state index contributed by atoms with van der Waals surface area (Å²) in [5, 5.41) is 31.8. The Balaban J connectivity index is 2.06. The van der Waals surface area contributed by atoms with Gasteiger partial charge in [-0.1, -0.05) is 43.5 Å². The second kappa shape index (κ2) is 10.4. The normalized spacial score (nSPS) is 12.4. The van der Waals surface area contributed by atoms with Crippen molar-refractivity contribution < 1.29 is 9.85 Å². The Bertz CT molecular complexity index is 1120. The average Bonchev–Trinajstić information content (AvgIpc) is 3.31. The molecule has 0 spiro atoms. The highest BCUT2D eigenvalue weighted by atomic mass is 35.5. The summed E-state index contributed by atoms with van der Waals surface area (Å²) in [6, 6.07) is 10.1. The molecule has 0 saturated carbocycles. The molecule has 0 aliphatic carbocycles. The number of anilines is 1. The SMILES string of the molecule is CCCCC(C(=NNc1ccc([N+](=O)[O-])cc1[N+](=O)[O-])c1ccc(Cl)cc1)n1cncn1. The Kier molecular flexibility index (Phi) is 7.45. The van der Waals surface area contributed by atoms with Crippen molar-refractivity contribution in [2.75, 3.05) is 5.43 Å². The lowest BCUT2D eigenvalue weighted by Gasteiger charge is -2.20. The first-order chi connectivity index (χ1) is 15.4. The van der Waals surface area contributed by atoms with Crippen LogP contribution in [0.15, 0.2) is 60.2 Å². The molecule has 1 aromatic heterocycles. The number of halogens is 1. The van der Waals surface area contributed by atoms with Crippen molar-refractivity contribution in [3.8, 4) is 0 Å². The van der Waals surface area contributed by atoms with Crippen LogP contribution in [0.1, 0.15) is 37.8 Å². The molecule has 32 heavy (non-hydrogen) atoms. The van der Waals surface area contributed by atoms with Crippen LogP contribution in [0.25, 0.3) is 0 Å². The Hall–Kier alpha value is -3.86. The highest BCUT2D eigenvalue weighted by Gasteiger charge is 2.23. The maximum absolute atomic E-state index is 11.5. The maximum atomic E-state index is 11.5.